The number of hydrogen-bond donors (Lipinski definition) is 1. The summed E-state index contributed by atoms with van der Waals surface area (Å²) in [6, 6.07) is 11.7. The lowest BCUT2D eigenvalue weighted by Crippen LogP contribution is -2.36. The molecule has 1 unspecified atom stereocenters. The molecule has 0 bridgehead atoms. The maximum atomic E-state index is 12.8. The number of carbonyl (C=O) groups excluding carboxylic acids is 1. The number of benzene rings is 2. The van der Waals surface area contributed by atoms with E-state index in [0.717, 1.165) is 17.4 Å². The van der Waals surface area contributed by atoms with Crippen molar-refractivity contribution in [3.05, 3.63) is 59.2 Å². The minimum absolute atomic E-state index is 0.209. The van der Waals surface area contributed by atoms with Crippen LogP contribution in [-0.2, 0) is 34.6 Å². The molecule has 0 saturated carbocycles. The fourth-order valence-electron chi connectivity index (χ4n) is 2.68. The molecular formula is C17H18N2O5S2. The van der Waals surface area contributed by atoms with Crippen molar-refractivity contribution < 1.29 is 21.9 Å². The van der Waals surface area contributed by atoms with Gasteiger partial charge in [-0.15, -0.1) is 4.31 Å². The highest BCUT2D eigenvalue weighted by Crippen LogP contribution is 2.28. The third-order valence-electron chi connectivity index (χ3n) is 4.06. The first kappa shape index (κ1) is 18.9. The van der Waals surface area contributed by atoms with Crippen molar-refractivity contribution in [2.45, 2.75) is 17.9 Å². The Hall–Kier alpha value is -1.91. The molecule has 0 amide bonds. The molecule has 26 heavy (non-hydrogen) atoms. The van der Waals surface area contributed by atoms with Crippen LogP contribution in [0.1, 0.15) is 21.5 Å². The molecule has 0 aromatic heterocycles. The SMILES string of the molecule is CNS(=O)(=O)Oc1ccc2c(c1)CN([S+]([O-])c1ccc(C=O)cc1)CC2. The predicted octanol–water partition coefficient (Wildman–Crippen LogP) is 1.42. The normalized spacial score (nSPS) is 15.9. The number of nitrogens with zero attached hydrogens (tertiary/aromatic N) is 1. The topological polar surface area (TPSA) is 98.8 Å². The number of aldehydes is 1. The number of carbonyl (C=O) groups is 1. The minimum atomic E-state index is -3.83. The zero-order valence-electron chi connectivity index (χ0n) is 14.0. The van der Waals surface area contributed by atoms with E-state index in [0.29, 0.717) is 30.0 Å². The van der Waals surface area contributed by atoms with Gasteiger partial charge in [0.25, 0.3) is 0 Å². The van der Waals surface area contributed by atoms with Crippen molar-refractivity contribution in [1.82, 2.24) is 9.03 Å². The number of fused-ring (bicyclic) bond motifs is 1. The lowest BCUT2D eigenvalue weighted by molar-refractivity contribution is 0.112. The van der Waals surface area contributed by atoms with E-state index >= 15 is 0 Å². The molecule has 7 nitrogen and oxygen atoms in total. The van der Waals surface area contributed by atoms with Gasteiger partial charge < -0.3 is 8.74 Å². The Bertz CT molecular complexity index is 900. The Balaban J connectivity index is 1.78. The van der Waals surface area contributed by atoms with Crippen LogP contribution in [0.15, 0.2) is 47.4 Å². The quantitative estimate of drug-likeness (QED) is 0.588. The molecule has 1 aliphatic heterocycles. The van der Waals surface area contributed by atoms with E-state index in [9.17, 15) is 17.8 Å². The Morgan fingerprint density at radius 1 is 1.19 bits per heavy atom. The van der Waals surface area contributed by atoms with Gasteiger partial charge in [-0.25, -0.2) is 0 Å². The number of rotatable bonds is 6. The maximum absolute atomic E-state index is 12.8. The first-order valence-electron chi connectivity index (χ1n) is 7.88. The first-order valence-corrected chi connectivity index (χ1v) is 10.4. The zero-order chi connectivity index (χ0) is 18.7. The average Bonchev–Trinajstić information content (AvgIpc) is 2.66. The summed E-state index contributed by atoms with van der Waals surface area (Å²) in [5, 5.41) is 0. The minimum Gasteiger partial charge on any atom is -0.593 e. The van der Waals surface area contributed by atoms with Gasteiger partial charge in [-0.3, -0.25) is 4.79 Å². The van der Waals surface area contributed by atoms with E-state index in [-0.39, 0.29) is 5.75 Å². The highest BCUT2D eigenvalue weighted by Gasteiger charge is 2.27. The monoisotopic (exact) mass is 394 g/mol. The second kappa shape index (κ2) is 7.77. The molecule has 0 aliphatic carbocycles. The van der Waals surface area contributed by atoms with Gasteiger partial charge in [0.05, 0.1) is 17.9 Å². The molecule has 3 rings (SSSR count). The molecule has 2 aromatic rings. The summed E-state index contributed by atoms with van der Waals surface area (Å²) in [4.78, 5) is 11.3. The third kappa shape index (κ3) is 4.25. The average molecular weight is 394 g/mol. The van der Waals surface area contributed by atoms with Crippen molar-refractivity contribution in [3.63, 3.8) is 0 Å². The standard InChI is InChI=1S/C17H18N2O5S2/c1-18-26(22,23)24-16-5-4-14-8-9-19(11-15(14)10-16)25(21)17-6-2-13(12-20)3-7-17/h2-7,10,12,18H,8-9,11H2,1H3. The van der Waals surface area contributed by atoms with Crippen molar-refractivity contribution in [2.24, 2.45) is 0 Å². The molecule has 0 radical (unpaired) electrons. The second-order valence-electron chi connectivity index (χ2n) is 5.72. The van der Waals surface area contributed by atoms with Crippen LogP contribution in [0.5, 0.6) is 5.75 Å². The number of nitrogens with one attached hydrogen (secondary N) is 1. The van der Waals surface area contributed by atoms with Crippen LogP contribution < -0.4 is 8.91 Å². The van der Waals surface area contributed by atoms with Gasteiger partial charge in [0, 0.05) is 19.2 Å². The van der Waals surface area contributed by atoms with Crippen molar-refractivity contribution in [2.75, 3.05) is 13.6 Å². The lowest BCUT2D eigenvalue weighted by Gasteiger charge is -2.29. The van der Waals surface area contributed by atoms with Crippen molar-refractivity contribution in [3.8, 4) is 5.75 Å². The molecule has 1 heterocycles. The zero-order valence-corrected chi connectivity index (χ0v) is 15.7. The summed E-state index contributed by atoms with van der Waals surface area (Å²) in [7, 11) is -2.56. The summed E-state index contributed by atoms with van der Waals surface area (Å²) in [6.45, 7) is 1.03. The molecule has 0 spiro atoms. The fourth-order valence-corrected chi connectivity index (χ4v) is 4.30. The third-order valence-corrected chi connectivity index (χ3v) is 6.43. The van der Waals surface area contributed by atoms with Crippen molar-refractivity contribution >= 4 is 28.0 Å². The van der Waals surface area contributed by atoms with Gasteiger partial charge >= 0.3 is 10.3 Å². The molecule has 138 valence electrons. The Kier molecular flexibility index (Phi) is 5.64. The molecule has 0 fully saturated rings. The van der Waals surface area contributed by atoms with Crippen LogP contribution >= 0.6 is 0 Å². The highest BCUT2D eigenvalue weighted by molar-refractivity contribution is 7.89. The Labute approximate surface area is 155 Å². The van der Waals surface area contributed by atoms with Gasteiger partial charge in [0.1, 0.15) is 12.0 Å². The molecule has 9 heteroatoms. The van der Waals surface area contributed by atoms with E-state index in [4.69, 9.17) is 4.18 Å². The molecule has 0 saturated heterocycles. The molecule has 1 atom stereocenters. The van der Waals surface area contributed by atoms with Gasteiger partial charge in [-0.1, -0.05) is 6.07 Å². The largest absolute Gasteiger partial charge is 0.593 e. The number of hydrogen-bond acceptors (Lipinski definition) is 6. The summed E-state index contributed by atoms with van der Waals surface area (Å²) in [5.74, 6) is 0.209. The van der Waals surface area contributed by atoms with Crippen LogP contribution in [0.25, 0.3) is 0 Å². The highest BCUT2D eigenvalue weighted by atomic mass is 32.2. The first-order chi connectivity index (χ1) is 12.4. The fraction of sp³-hybridized carbons (Fsp3) is 0.235. The van der Waals surface area contributed by atoms with E-state index in [2.05, 4.69) is 4.72 Å². The summed E-state index contributed by atoms with van der Waals surface area (Å²) >= 11 is -1.37. The maximum Gasteiger partial charge on any atom is 0.382 e. The van der Waals surface area contributed by atoms with Crippen LogP contribution in [0.4, 0.5) is 0 Å². The Morgan fingerprint density at radius 2 is 1.92 bits per heavy atom. The van der Waals surface area contributed by atoms with Gasteiger partial charge in [-0.2, -0.15) is 13.1 Å². The molecule has 1 aliphatic rings. The van der Waals surface area contributed by atoms with E-state index in [1.807, 2.05) is 6.07 Å². The van der Waals surface area contributed by atoms with E-state index in [1.54, 1.807) is 40.7 Å². The predicted molar refractivity (Wildman–Crippen MR) is 97.4 cm³/mol. The summed E-state index contributed by atoms with van der Waals surface area (Å²) < 4.78 is 44.7. The van der Waals surface area contributed by atoms with Crippen molar-refractivity contribution in [1.29, 1.82) is 0 Å². The second-order valence-corrected chi connectivity index (χ2v) is 8.69. The molecule has 1 N–H and O–H groups in total. The Morgan fingerprint density at radius 3 is 2.58 bits per heavy atom. The summed E-state index contributed by atoms with van der Waals surface area (Å²) in [6.07, 6.45) is 1.44. The van der Waals surface area contributed by atoms with Gasteiger partial charge in [-0.05, 0) is 53.9 Å². The van der Waals surface area contributed by atoms with Crippen LogP contribution in [0.2, 0.25) is 0 Å². The smallest absolute Gasteiger partial charge is 0.382 e. The van der Waals surface area contributed by atoms with Crippen LogP contribution in [0, 0.1) is 0 Å². The van der Waals surface area contributed by atoms with Gasteiger partial charge in [0.2, 0.25) is 0 Å². The van der Waals surface area contributed by atoms with Crippen LogP contribution in [0.3, 0.4) is 0 Å². The molecular weight excluding hydrogens is 376 g/mol. The summed E-state index contributed by atoms with van der Waals surface area (Å²) in [5.41, 5.74) is 2.48. The van der Waals surface area contributed by atoms with E-state index in [1.165, 1.54) is 7.05 Å². The van der Waals surface area contributed by atoms with Gasteiger partial charge in [0.15, 0.2) is 4.90 Å². The molecule has 2 aromatic carbocycles. The van der Waals surface area contributed by atoms with Crippen LogP contribution in [-0.4, -0.2) is 37.2 Å². The lowest BCUT2D eigenvalue weighted by atomic mass is 10.0. The van der Waals surface area contributed by atoms with E-state index < -0.39 is 21.7 Å².